The maximum Gasteiger partial charge on any atom is 0.140 e. The molecule has 0 aliphatic rings. The lowest BCUT2D eigenvalue weighted by Gasteiger charge is -1.99. The summed E-state index contributed by atoms with van der Waals surface area (Å²) in [6, 6.07) is 4.37. The van der Waals surface area contributed by atoms with Crippen LogP contribution in [0.5, 0.6) is 0 Å². The van der Waals surface area contributed by atoms with Crippen LogP contribution in [-0.4, -0.2) is 0 Å². The molecule has 3 heteroatoms. The van der Waals surface area contributed by atoms with Crippen LogP contribution in [0.3, 0.4) is 0 Å². The molecule has 0 amide bonds. The van der Waals surface area contributed by atoms with E-state index in [0.29, 0.717) is 0 Å². The Morgan fingerprint density at radius 1 is 1.46 bits per heavy atom. The smallest absolute Gasteiger partial charge is 0.140 e. The van der Waals surface area contributed by atoms with Gasteiger partial charge in [-0.15, -0.1) is 5.92 Å². The van der Waals surface area contributed by atoms with Crippen molar-refractivity contribution in [2.75, 3.05) is 0 Å². The van der Waals surface area contributed by atoms with Crippen LogP contribution in [0.1, 0.15) is 18.1 Å². The third-order valence-corrected chi connectivity index (χ3v) is 1.85. The SMILES string of the molecule is CC#Cc1c(F)ccc(C#N)c1Cl. The molecule has 1 aromatic carbocycles. The predicted octanol–water partition coefficient (Wildman–Crippen LogP) is 2.72. The Balaban J connectivity index is 3.46. The minimum atomic E-state index is -0.502. The standard InChI is InChI=1S/C10H5ClFN/c1-2-3-8-9(12)5-4-7(6-13)10(8)11/h4-5H,1H3. The molecule has 0 spiro atoms. The van der Waals surface area contributed by atoms with Gasteiger partial charge >= 0.3 is 0 Å². The van der Waals surface area contributed by atoms with Crippen LogP contribution in [0.4, 0.5) is 4.39 Å². The first-order valence-electron chi connectivity index (χ1n) is 3.51. The monoisotopic (exact) mass is 193 g/mol. The zero-order chi connectivity index (χ0) is 9.84. The van der Waals surface area contributed by atoms with E-state index in [2.05, 4.69) is 11.8 Å². The zero-order valence-electron chi connectivity index (χ0n) is 6.86. The van der Waals surface area contributed by atoms with E-state index in [-0.39, 0.29) is 16.1 Å². The van der Waals surface area contributed by atoms with Crippen molar-refractivity contribution in [2.45, 2.75) is 6.92 Å². The molecule has 0 radical (unpaired) electrons. The second-order valence-electron chi connectivity index (χ2n) is 2.27. The van der Waals surface area contributed by atoms with E-state index in [0.717, 1.165) is 0 Å². The highest BCUT2D eigenvalue weighted by atomic mass is 35.5. The summed E-state index contributed by atoms with van der Waals surface area (Å²) in [5, 5.41) is 8.68. The van der Waals surface area contributed by atoms with Crippen LogP contribution in [0.25, 0.3) is 0 Å². The van der Waals surface area contributed by atoms with E-state index < -0.39 is 5.82 Å². The predicted molar refractivity (Wildman–Crippen MR) is 48.7 cm³/mol. The number of hydrogen-bond acceptors (Lipinski definition) is 1. The summed E-state index contributed by atoms with van der Waals surface area (Å²) in [5.74, 6) is 4.54. The van der Waals surface area contributed by atoms with E-state index in [1.54, 1.807) is 6.92 Å². The molecule has 64 valence electrons. The van der Waals surface area contributed by atoms with Crippen LogP contribution < -0.4 is 0 Å². The average molecular weight is 194 g/mol. The third kappa shape index (κ3) is 1.80. The van der Waals surface area contributed by atoms with Gasteiger partial charge in [0.05, 0.1) is 16.1 Å². The van der Waals surface area contributed by atoms with Gasteiger partial charge in [-0.3, -0.25) is 0 Å². The minimum Gasteiger partial charge on any atom is -0.206 e. The van der Waals surface area contributed by atoms with Gasteiger partial charge in [-0.2, -0.15) is 5.26 Å². The highest BCUT2D eigenvalue weighted by molar-refractivity contribution is 6.32. The highest BCUT2D eigenvalue weighted by Gasteiger charge is 2.08. The third-order valence-electron chi connectivity index (χ3n) is 1.46. The molecule has 0 heterocycles. The van der Waals surface area contributed by atoms with Crippen molar-refractivity contribution >= 4 is 11.6 Å². The van der Waals surface area contributed by atoms with Gasteiger partial charge in [-0.25, -0.2) is 4.39 Å². The number of benzene rings is 1. The summed E-state index contributed by atoms with van der Waals surface area (Å²) in [6.45, 7) is 1.58. The molecule has 0 atom stereocenters. The number of hydrogen-bond donors (Lipinski definition) is 0. The topological polar surface area (TPSA) is 23.8 Å². The lowest BCUT2D eigenvalue weighted by Crippen LogP contribution is -1.88. The van der Waals surface area contributed by atoms with Gasteiger partial charge in [0.25, 0.3) is 0 Å². The molecule has 1 nitrogen and oxygen atoms in total. The Kier molecular flexibility index (Phi) is 2.90. The van der Waals surface area contributed by atoms with Gasteiger partial charge < -0.3 is 0 Å². The number of nitrogens with zero attached hydrogens (tertiary/aromatic N) is 1. The summed E-state index contributed by atoms with van der Waals surface area (Å²) >= 11 is 5.73. The van der Waals surface area contributed by atoms with Gasteiger partial charge in [-0.05, 0) is 19.1 Å². The summed E-state index contributed by atoms with van der Waals surface area (Å²) < 4.78 is 13.1. The van der Waals surface area contributed by atoms with Crippen molar-refractivity contribution < 1.29 is 4.39 Å². The second-order valence-corrected chi connectivity index (χ2v) is 2.65. The molecule has 0 aliphatic heterocycles. The normalized spacial score (nSPS) is 8.46. The van der Waals surface area contributed by atoms with Gasteiger partial charge in [0, 0.05) is 0 Å². The zero-order valence-corrected chi connectivity index (χ0v) is 7.61. The van der Waals surface area contributed by atoms with E-state index in [1.165, 1.54) is 12.1 Å². The number of nitriles is 1. The second kappa shape index (κ2) is 3.94. The van der Waals surface area contributed by atoms with Crippen LogP contribution in [-0.2, 0) is 0 Å². The van der Waals surface area contributed by atoms with Crippen LogP contribution in [0, 0.1) is 29.0 Å². The largest absolute Gasteiger partial charge is 0.206 e. The molecule has 0 unspecified atom stereocenters. The first kappa shape index (κ1) is 9.58. The summed E-state index contributed by atoms with van der Waals surface area (Å²) in [5.41, 5.74) is 0.323. The van der Waals surface area contributed by atoms with Gasteiger partial charge in [0.15, 0.2) is 0 Å². The first-order valence-corrected chi connectivity index (χ1v) is 3.89. The number of halogens is 2. The molecule has 0 fully saturated rings. The van der Waals surface area contributed by atoms with Gasteiger partial charge in [0.2, 0.25) is 0 Å². The van der Waals surface area contributed by atoms with E-state index in [1.807, 2.05) is 6.07 Å². The lowest BCUT2D eigenvalue weighted by atomic mass is 10.1. The Hall–Kier alpha value is -1.51. The molecular weight excluding hydrogens is 189 g/mol. The van der Waals surface area contributed by atoms with Crippen molar-refractivity contribution in [3.05, 3.63) is 34.1 Å². The van der Waals surface area contributed by atoms with Crippen molar-refractivity contribution in [3.63, 3.8) is 0 Å². The maximum atomic E-state index is 13.1. The number of rotatable bonds is 0. The Bertz CT molecular complexity index is 435. The fraction of sp³-hybridized carbons (Fsp3) is 0.100. The van der Waals surface area contributed by atoms with Gasteiger partial charge in [0.1, 0.15) is 11.9 Å². The average Bonchev–Trinajstić information content (AvgIpc) is 2.12. The van der Waals surface area contributed by atoms with Crippen molar-refractivity contribution in [2.24, 2.45) is 0 Å². The quantitative estimate of drug-likeness (QED) is 0.582. The molecule has 1 aromatic rings. The fourth-order valence-electron chi connectivity index (χ4n) is 0.878. The fourth-order valence-corrected chi connectivity index (χ4v) is 1.12. The molecule has 1 rings (SSSR count). The molecular formula is C10H5ClFN. The molecule has 0 N–H and O–H groups in total. The molecule has 0 aliphatic carbocycles. The van der Waals surface area contributed by atoms with Crippen molar-refractivity contribution in [1.29, 1.82) is 5.26 Å². The molecule has 0 aromatic heterocycles. The van der Waals surface area contributed by atoms with Crippen molar-refractivity contribution in [3.8, 4) is 17.9 Å². The van der Waals surface area contributed by atoms with E-state index in [9.17, 15) is 4.39 Å². The van der Waals surface area contributed by atoms with Crippen LogP contribution >= 0.6 is 11.6 Å². The summed E-state index contributed by atoms with van der Waals surface area (Å²) in [4.78, 5) is 0. The van der Waals surface area contributed by atoms with Crippen molar-refractivity contribution in [1.82, 2.24) is 0 Å². The van der Waals surface area contributed by atoms with E-state index >= 15 is 0 Å². The van der Waals surface area contributed by atoms with Crippen LogP contribution in [0.15, 0.2) is 12.1 Å². The molecule has 13 heavy (non-hydrogen) atoms. The van der Waals surface area contributed by atoms with Crippen LogP contribution in [0.2, 0.25) is 5.02 Å². The maximum absolute atomic E-state index is 13.1. The van der Waals surface area contributed by atoms with Gasteiger partial charge in [-0.1, -0.05) is 17.5 Å². The Morgan fingerprint density at radius 2 is 2.15 bits per heavy atom. The minimum absolute atomic E-state index is 0.0804. The summed E-state index contributed by atoms with van der Waals surface area (Å²) in [7, 11) is 0. The lowest BCUT2D eigenvalue weighted by molar-refractivity contribution is 0.624. The molecule has 0 bridgehead atoms. The van der Waals surface area contributed by atoms with E-state index in [4.69, 9.17) is 16.9 Å². The molecule has 0 saturated heterocycles. The molecule has 0 saturated carbocycles. The summed E-state index contributed by atoms with van der Waals surface area (Å²) in [6.07, 6.45) is 0. The first-order chi connectivity index (χ1) is 6.20. The Labute approximate surface area is 80.8 Å². The highest BCUT2D eigenvalue weighted by Crippen LogP contribution is 2.22. The Morgan fingerprint density at radius 3 is 2.69 bits per heavy atom.